The minimum atomic E-state index is -0.0529. The van der Waals surface area contributed by atoms with Gasteiger partial charge in [-0.05, 0) is 24.3 Å². The summed E-state index contributed by atoms with van der Waals surface area (Å²) in [6.07, 6.45) is 4.24. The molecule has 4 aromatic rings. The summed E-state index contributed by atoms with van der Waals surface area (Å²) in [6, 6.07) is 13.8. The van der Waals surface area contributed by atoms with Crippen LogP contribution in [0.15, 0.2) is 54.9 Å². The molecule has 1 aliphatic heterocycles. The van der Waals surface area contributed by atoms with Gasteiger partial charge in [0.1, 0.15) is 0 Å². The number of aromatic nitrogens is 3. The molecular formula is C21H15ClN4O. The van der Waals surface area contributed by atoms with Crippen molar-refractivity contribution in [2.45, 2.75) is 6.42 Å². The van der Waals surface area contributed by atoms with Gasteiger partial charge in [0, 0.05) is 53.3 Å². The molecule has 2 N–H and O–H groups in total. The molecule has 0 fully saturated rings. The number of hydrogen-bond donors (Lipinski definition) is 2. The first kappa shape index (κ1) is 16.0. The van der Waals surface area contributed by atoms with Crippen LogP contribution in [0.4, 0.5) is 0 Å². The maximum atomic E-state index is 12.0. The first-order chi connectivity index (χ1) is 13.2. The van der Waals surface area contributed by atoms with Crippen LogP contribution in [-0.2, 0) is 6.42 Å². The third-order valence-corrected chi connectivity index (χ3v) is 5.14. The van der Waals surface area contributed by atoms with E-state index >= 15 is 0 Å². The molecule has 5 nitrogen and oxygen atoms in total. The lowest BCUT2D eigenvalue weighted by Gasteiger charge is -2.11. The minimum Gasteiger partial charge on any atom is -0.358 e. The van der Waals surface area contributed by atoms with E-state index in [-0.39, 0.29) is 5.91 Å². The van der Waals surface area contributed by atoms with Gasteiger partial charge in [-0.1, -0.05) is 29.8 Å². The number of fused-ring (bicyclic) bond motifs is 2. The molecule has 6 heteroatoms. The van der Waals surface area contributed by atoms with E-state index in [1.807, 2.05) is 42.6 Å². The highest BCUT2D eigenvalue weighted by molar-refractivity contribution is 6.33. The Morgan fingerprint density at radius 2 is 1.89 bits per heavy atom. The Bertz CT molecular complexity index is 1200. The highest BCUT2D eigenvalue weighted by Crippen LogP contribution is 2.32. The van der Waals surface area contributed by atoms with Crippen LogP contribution in [0.25, 0.3) is 33.4 Å². The number of hydrogen-bond acceptors (Lipinski definition) is 3. The third-order valence-electron chi connectivity index (χ3n) is 4.84. The zero-order chi connectivity index (χ0) is 18.4. The van der Waals surface area contributed by atoms with Gasteiger partial charge in [-0.15, -0.1) is 0 Å². The molecule has 1 aliphatic rings. The molecule has 1 amide bonds. The molecule has 27 heavy (non-hydrogen) atoms. The number of carbonyl (C=O) groups is 1. The number of pyridine rings is 2. The van der Waals surface area contributed by atoms with E-state index in [2.05, 4.69) is 26.3 Å². The van der Waals surface area contributed by atoms with Crippen molar-refractivity contribution in [2.75, 3.05) is 6.54 Å². The topological polar surface area (TPSA) is 70.7 Å². The van der Waals surface area contributed by atoms with Crippen molar-refractivity contribution in [1.29, 1.82) is 0 Å². The molecular weight excluding hydrogens is 360 g/mol. The summed E-state index contributed by atoms with van der Waals surface area (Å²) >= 11 is 6.41. The number of aromatic amines is 1. The van der Waals surface area contributed by atoms with Crippen molar-refractivity contribution >= 4 is 28.4 Å². The normalized spacial score (nSPS) is 13.4. The third kappa shape index (κ3) is 2.76. The number of nitrogens with one attached hydrogen (secondary N) is 2. The molecule has 0 aliphatic carbocycles. The van der Waals surface area contributed by atoms with Gasteiger partial charge in [-0.25, -0.2) is 0 Å². The van der Waals surface area contributed by atoms with Gasteiger partial charge in [0.2, 0.25) is 0 Å². The molecule has 0 radical (unpaired) electrons. The summed E-state index contributed by atoms with van der Waals surface area (Å²) in [5.41, 5.74) is 5.90. The van der Waals surface area contributed by atoms with Crippen LogP contribution in [0.5, 0.6) is 0 Å². The Labute approximate surface area is 160 Å². The van der Waals surface area contributed by atoms with Gasteiger partial charge >= 0.3 is 0 Å². The largest absolute Gasteiger partial charge is 0.358 e. The van der Waals surface area contributed by atoms with Gasteiger partial charge in [-0.3, -0.25) is 14.8 Å². The monoisotopic (exact) mass is 374 g/mol. The molecule has 132 valence electrons. The molecule has 0 spiro atoms. The lowest BCUT2D eigenvalue weighted by Crippen LogP contribution is -2.31. The number of nitrogens with zero attached hydrogens (tertiary/aromatic N) is 2. The fourth-order valence-corrected chi connectivity index (χ4v) is 3.66. The number of carbonyl (C=O) groups excluding carboxylic acids is 1. The van der Waals surface area contributed by atoms with Gasteiger partial charge < -0.3 is 10.3 Å². The van der Waals surface area contributed by atoms with Gasteiger partial charge in [0.25, 0.3) is 5.91 Å². The SMILES string of the molecule is O=C1NCCc2[nH]c(-c3cc(-c4cnc5ccccc5c4)ncc3Cl)cc21. The van der Waals surface area contributed by atoms with Crippen molar-refractivity contribution < 1.29 is 4.79 Å². The van der Waals surface area contributed by atoms with Crippen LogP contribution in [0.2, 0.25) is 5.02 Å². The molecule has 3 aromatic heterocycles. The number of benzene rings is 1. The molecule has 0 atom stereocenters. The van der Waals surface area contributed by atoms with Crippen LogP contribution < -0.4 is 5.32 Å². The van der Waals surface area contributed by atoms with Crippen LogP contribution >= 0.6 is 11.6 Å². The fourth-order valence-electron chi connectivity index (χ4n) is 3.45. The molecule has 0 saturated heterocycles. The number of rotatable bonds is 2. The van der Waals surface area contributed by atoms with E-state index in [0.717, 1.165) is 45.5 Å². The standard InChI is InChI=1S/C21H15ClN4O/c22-16-11-25-19(13-7-12-3-1-2-4-17(12)24-10-13)8-14(16)20-9-15-18(26-20)5-6-23-21(15)27/h1-4,7-11,26H,5-6H2,(H,23,27). The quantitative estimate of drug-likeness (QED) is 0.551. The molecule has 1 aromatic carbocycles. The summed E-state index contributed by atoms with van der Waals surface area (Å²) in [5, 5.41) is 4.45. The van der Waals surface area contributed by atoms with E-state index in [1.165, 1.54) is 0 Å². The molecule has 0 saturated carbocycles. The van der Waals surface area contributed by atoms with Crippen molar-refractivity contribution in [3.63, 3.8) is 0 Å². The summed E-state index contributed by atoms with van der Waals surface area (Å²) < 4.78 is 0. The van der Waals surface area contributed by atoms with E-state index in [0.29, 0.717) is 17.1 Å². The van der Waals surface area contributed by atoms with Crippen molar-refractivity contribution in [3.8, 4) is 22.5 Å². The molecule has 0 bridgehead atoms. The average molecular weight is 375 g/mol. The van der Waals surface area contributed by atoms with E-state index < -0.39 is 0 Å². The van der Waals surface area contributed by atoms with Crippen molar-refractivity contribution in [1.82, 2.24) is 20.3 Å². The average Bonchev–Trinajstić information content (AvgIpc) is 3.13. The maximum absolute atomic E-state index is 12.0. The lowest BCUT2D eigenvalue weighted by atomic mass is 10.1. The second-order valence-electron chi connectivity index (χ2n) is 6.55. The van der Waals surface area contributed by atoms with Crippen LogP contribution in [0.3, 0.4) is 0 Å². The number of halogens is 1. The lowest BCUT2D eigenvalue weighted by molar-refractivity contribution is 0.0946. The van der Waals surface area contributed by atoms with E-state index in [9.17, 15) is 4.79 Å². The Hall–Kier alpha value is -3.18. The Balaban J connectivity index is 1.61. The minimum absolute atomic E-state index is 0.0529. The Morgan fingerprint density at radius 3 is 2.78 bits per heavy atom. The zero-order valence-electron chi connectivity index (χ0n) is 14.3. The molecule has 5 rings (SSSR count). The van der Waals surface area contributed by atoms with E-state index in [4.69, 9.17) is 11.6 Å². The number of H-pyrrole nitrogens is 1. The predicted octanol–water partition coefficient (Wildman–Crippen LogP) is 4.23. The second-order valence-corrected chi connectivity index (χ2v) is 6.95. The van der Waals surface area contributed by atoms with Gasteiger partial charge in [0.15, 0.2) is 0 Å². The fraction of sp³-hybridized carbons (Fsp3) is 0.0952. The zero-order valence-corrected chi connectivity index (χ0v) is 15.0. The van der Waals surface area contributed by atoms with E-state index in [1.54, 1.807) is 6.20 Å². The van der Waals surface area contributed by atoms with Gasteiger partial charge in [-0.2, -0.15) is 0 Å². The van der Waals surface area contributed by atoms with Crippen LogP contribution in [0, 0.1) is 0 Å². The summed E-state index contributed by atoms with van der Waals surface area (Å²) in [4.78, 5) is 24.4. The Morgan fingerprint density at radius 1 is 1.00 bits per heavy atom. The van der Waals surface area contributed by atoms with Crippen molar-refractivity contribution in [2.24, 2.45) is 0 Å². The first-order valence-electron chi connectivity index (χ1n) is 8.70. The number of para-hydroxylation sites is 1. The van der Waals surface area contributed by atoms with Gasteiger partial charge in [0.05, 0.1) is 21.8 Å². The summed E-state index contributed by atoms with van der Waals surface area (Å²) in [7, 11) is 0. The Kier molecular flexibility index (Phi) is 3.69. The summed E-state index contributed by atoms with van der Waals surface area (Å²) in [6.45, 7) is 0.643. The molecule has 0 unspecified atom stereocenters. The highest BCUT2D eigenvalue weighted by Gasteiger charge is 2.21. The second kappa shape index (κ2) is 6.21. The predicted molar refractivity (Wildman–Crippen MR) is 106 cm³/mol. The van der Waals surface area contributed by atoms with Crippen LogP contribution in [-0.4, -0.2) is 27.4 Å². The smallest absolute Gasteiger partial charge is 0.253 e. The highest BCUT2D eigenvalue weighted by atomic mass is 35.5. The number of amides is 1. The molecule has 4 heterocycles. The summed E-state index contributed by atoms with van der Waals surface area (Å²) in [5.74, 6) is -0.0529. The van der Waals surface area contributed by atoms with Crippen molar-refractivity contribution in [3.05, 3.63) is 71.1 Å². The van der Waals surface area contributed by atoms with Crippen LogP contribution in [0.1, 0.15) is 16.1 Å². The first-order valence-corrected chi connectivity index (χ1v) is 9.08. The maximum Gasteiger partial charge on any atom is 0.253 e.